The van der Waals surface area contributed by atoms with Gasteiger partial charge in [0.1, 0.15) is 0 Å². The Balaban J connectivity index is 2.39. The number of aryl methyl sites for hydroxylation is 1. The summed E-state index contributed by atoms with van der Waals surface area (Å²) in [6, 6.07) is 0. The zero-order chi connectivity index (χ0) is 9.68. The number of hydrogen-bond donors (Lipinski definition) is 1. The van der Waals surface area contributed by atoms with Crippen molar-refractivity contribution in [1.29, 1.82) is 0 Å². The maximum Gasteiger partial charge on any atom is 0.230 e. The lowest BCUT2D eigenvalue weighted by Gasteiger charge is -1.99. The summed E-state index contributed by atoms with van der Waals surface area (Å²) in [6.07, 6.45) is 1.98. The molecule has 13 heavy (non-hydrogen) atoms. The molecule has 0 aliphatic carbocycles. The van der Waals surface area contributed by atoms with E-state index in [2.05, 4.69) is 29.4 Å². The van der Waals surface area contributed by atoms with E-state index in [0.717, 1.165) is 18.7 Å². The van der Waals surface area contributed by atoms with Crippen LogP contribution in [0.15, 0.2) is 4.42 Å². The molecule has 4 nitrogen and oxygen atoms in total. The first-order valence-corrected chi connectivity index (χ1v) is 4.68. The van der Waals surface area contributed by atoms with Crippen LogP contribution in [0.5, 0.6) is 0 Å². The van der Waals surface area contributed by atoms with Crippen molar-refractivity contribution in [2.45, 2.75) is 33.2 Å². The van der Waals surface area contributed by atoms with Gasteiger partial charge >= 0.3 is 0 Å². The topological polar surface area (TPSA) is 51.0 Å². The lowest BCUT2D eigenvalue weighted by Crippen LogP contribution is -2.04. The van der Waals surface area contributed by atoms with E-state index < -0.39 is 0 Å². The molecule has 0 bridgehead atoms. The second-order valence-corrected chi connectivity index (χ2v) is 3.55. The van der Waals surface area contributed by atoms with Crippen LogP contribution in [0.1, 0.15) is 32.0 Å². The van der Waals surface area contributed by atoms with Gasteiger partial charge in [-0.05, 0) is 19.4 Å². The van der Waals surface area contributed by atoms with Gasteiger partial charge in [0.2, 0.25) is 11.8 Å². The van der Waals surface area contributed by atoms with Gasteiger partial charge in [-0.1, -0.05) is 13.8 Å². The molecule has 1 N–H and O–H groups in total. The normalized spacial score (nSPS) is 11.1. The molecule has 0 aromatic carbocycles. The fraction of sp³-hybridized carbons (Fsp3) is 0.778. The second kappa shape index (κ2) is 4.97. The lowest BCUT2D eigenvalue weighted by atomic mass is 10.1. The summed E-state index contributed by atoms with van der Waals surface area (Å²) in [5.74, 6) is 2.10. The summed E-state index contributed by atoms with van der Waals surface area (Å²) in [5, 5.41) is 10.8. The Morgan fingerprint density at radius 1 is 1.31 bits per heavy atom. The first-order chi connectivity index (χ1) is 6.22. The molecular formula is C9H17N3O. The Labute approximate surface area is 78.7 Å². The summed E-state index contributed by atoms with van der Waals surface area (Å²) >= 11 is 0. The molecule has 1 rings (SSSR count). The third-order valence-corrected chi connectivity index (χ3v) is 1.77. The zero-order valence-corrected chi connectivity index (χ0v) is 8.50. The molecule has 0 atom stereocenters. The predicted molar refractivity (Wildman–Crippen MR) is 50.2 cm³/mol. The van der Waals surface area contributed by atoms with Gasteiger partial charge in [-0.15, -0.1) is 10.2 Å². The van der Waals surface area contributed by atoms with Gasteiger partial charge in [0.15, 0.2) is 0 Å². The molecule has 0 aliphatic heterocycles. The highest BCUT2D eigenvalue weighted by atomic mass is 16.4. The first kappa shape index (κ1) is 10.2. The summed E-state index contributed by atoms with van der Waals surface area (Å²) in [7, 11) is 1.86. The highest BCUT2D eigenvalue weighted by Gasteiger charge is 2.05. The SMILES string of the molecule is CNCc1nnc(CCC(C)C)o1. The van der Waals surface area contributed by atoms with Crippen molar-refractivity contribution in [3.8, 4) is 0 Å². The fourth-order valence-electron chi connectivity index (χ4n) is 1.02. The van der Waals surface area contributed by atoms with Gasteiger partial charge in [-0.25, -0.2) is 0 Å². The van der Waals surface area contributed by atoms with E-state index in [0.29, 0.717) is 18.4 Å². The van der Waals surface area contributed by atoms with Gasteiger partial charge in [0.05, 0.1) is 6.54 Å². The quantitative estimate of drug-likeness (QED) is 0.749. The molecule has 0 amide bonds. The minimum absolute atomic E-state index is 0.647. The Bertz CT molecular complexity index is 245. The highest BCUT2D eigenvalue weighted by molar-refractivity contribution is 4.81. The fourth-order valence-corrected chi connectivity index (χ4v) is 1.02. The minimum Gasteiger partial charge on any atom is -0.424 e. The van der Waals surface area contributed by atoms with Crippen LogP contribution >= 0.6 is 0 Å². The molecule has 74 valence electrons. The first-order valence-electron chi connectivity index (χ1n) is 4.68. The molecular weight excluding hydrogens is 166 g/mol. The van der Waals surface area contributed by atoms with E-state index in [1.54, 1.807) is 0 Å². The summed E-state index contributed by atoms with van der Waals surface area (Å²) in [5.41, 5.74) is 0. The largest absolute Gasteiger partial charge is 0.424 e. The predicted octanol–water partition coefficient (Wildman–Crippen LogP) is 1.38. The van der Waals surface area contributed by atoms with Crippen LogP contribution < -0.4 is 5.32 Å². The Morgan fingerprint density at radius 3 is 2.62 bits per heavy atom. The van der Waals surface area contributed by atoms with Crippen LogP contribution in [0, 0.1) is 5.92 Å². The zero-order valence-electron chi connectivity index (χ0n) is 8.50. The number of aromatic nitrogens is 2. The van der Waals surface area contributed by atoms with E-state index >= 15 is 0 Å². The molecule has 0 saturated heterocycles. The van der Waals surface area contributed by atoms with Crippen molar-refractivity contribution in [1.82, 2.24) is 15.5 Å². The molecule has 4 heteroatoms. The smallest absolute Gasteiger partial charge is 0.230 e. The van der Waals surface area contributed by atoms with Crippen molar-refractivity contribution in [3.05, 3.63) is 11.8 Å². The van der Waals surface area contributed by atoms with Gasteiger partial charge in [0.25, 0.3) is 0 Å². The number of rotatable bonds is 5. The number of hydrogen-bond acceptors (Lipinski definition) is 4. The van der Waals surface area contributed by atoms with Gasteiger partial charge in [-0.3, -0.25) is 0 Å². The maximum atomic E-state index is 5.39. The third kappa shape index (κ3) is 3.55. The van der Waals surface area contributed by atoms with Crippen molar-refractivity contribution in [3.63, 3.8) is 0 Å². The standard InChI is InChI=1S/C9H17N3O/c1-7(2)4-5-8-11-12-9(13-8)6-10-3/h7,10H,4-6H2,1-3H3. The monoisotopic (exact) mass is 183 g/mol. The van der Waals surface area contributed by atoms with E-state index in [1.807, 2.05) is 7.05 Å². The van der Waals surface area contributed by atoms with Crippen molar-refractivity contribution in [2.75, 3.05) is 7.05 Å². The van der Waals surface area contributed by atoms with Crippen molar-refractivity contribution >= 4 is 0 Å². The molecule has 0 saturated carbocycles. The summed E-state index contributed by atoms with van der Waals surface area (Å²) in [4.78, 5) is 0. The maximum absolute atomic E-state index is 5.39. The third-order valence-electron chi connectivity index (χ3n) is 1.77. The van der Waals surface area contributed by atoms with Crippen LogP contribution in [-0.2, 0) is 13.0 Å². The molecule has 0 aliphatic rings. The Kier molecular flexibility index (Phi) is 3.89. The minimum atomic E-state index is 0.647. The number of nitrogens with zero attached hydrogens (tertiary/aromatic N) is 2. The van der Waals surface area contributed by atoms with Gasteiger partial charge in [0, 0.05) is 6.42 Å². The Hall–Kier alpha value is -0.900. The van der Waals surface area contributed by atoms with Crippen LogP contribution in [0.2, 0.25) is 0 Å². The van der Waals surface area contributed by atoms with Crippen molar-refractivity contribution < 1.29 is 4.42 Å². The van der Waals surface area contributed by atoms with E-state index in [9.17, 15) is 0 Å². The van der Waals surface area contributed by atoms with Crippen LogP contribution in [0.25, 0.3) is 0 Å². The summed E-state index contributed by atoms with van der Waals surface area (Å²) in [6.45, 7) is 5.02. The highest BCUT2D eigenvalue weighted by Crippen LogP contribution is 2.07. The molecule has 0 spiro atoms. The van der Waals surface area contributed by atoms with E-state index in [4.69, 9.17) is 4.42 Å². The molecule has 0 radical (unpaired) electrons. The second-order valence-electron chi connectivity index (χ2n) is 3.55. The van der Waals surface area contributed by atoms with Crippen molar-refractivity contribution in [2.24, 2.45) is 5.92 Å². The van der Waals surface area contributed by atoms with Gasteiger partial charge < -0.3 is 9.73 Å². The molecule has 1 aromatic rings. The van der Waals surface area contributed by atoms with E-state index in [1.165, 1.54) is 0 Å². The summed E-state index contributed by atoms with van der Waals surface area (Å²) < 4.78 is 5.39. The molecule has 0 unspecified atom stereocenters. The lowest BCUT2D eigenvalue weighted by molar-refractivity contribution is 0.422. The average Bonchev–Trinajstić information content (AvgIpc) is 2.50. The van der Waals surface area contributed by atoms with Crippen LogP contribution in [-0.4, -0.2) is 17.2 Å². The van der Waals surface area contributed by atoms with Crippen LogP contribution in [0.3, 0.4) is 0 Å². The molecule has 1 aromatic heterocycles. The average molecular weight is 183 g/mol. The van der Waals surface area contributed by atoms with Gasteiger partial charge in [-0.2, -0.15) is 0 Å². The van der Waals surface area contributed by atoms with Crippen LogP contribution in [0.4, 0.5) is 0 Å². The Morgan fingerprint density at radius 2 is 2.00 bits per heavy atom. The molecule has 1 heterocycles. The van der Waals surface area contributed by atoms with E-state index in [-0.39, 0.29) is 0 Å². The molecule has 0 fully saturated rings. The number of nitrogens with one attached hydrogen (secondary N) is 1.